The molecule has 0 saturated carbocycles. The van der Waals surface area contributed by atoms with Crippen LogP contribution in [0.25, 0.3) is 0 Å². The molecule has 2 N–H and O–H groups in total. The molecule has 0 radical (unpaired) electrons. The molecule has 7 heteroatoms. The van der Waals surface area contributed by atoms with Crippen LogP contribution in [-0.4, -0.2) is 31.1 Å². The molecule has 2 heterocycles. The van der Waals surface area contributed by atoms with Crippen LogP contribution >= 0.6 is 0 Å². The van der Waals surface area contributed by atoms with Gasteiger partial charge in [-0.15, -0.1) is 10.2 Å². The fraction of sp³-hybridized carbons (Fsp3) is 0.308. The lowest BCUT2D eigenvalue weighted by molar-refractivity contribution is -0.120. The van der Waals surface area contributed by atoms with Crippen molar-refractivity contribution >= 4 is 18.0 Å². The number of nitrogens with zero attached hydrogens (tertiary/aromatic N) is 3. The van der Waals surface area contributed by atoms with Gasteiger partial charge in [0.05, 0.1) is 0 Å². The summed E-state index contributed by atoms with van der Waals surface area (Å²) in [5.74, 6) is -0.445. The molecule has 0 spiro atoms. The molecule has 1 unspecified atom stereocenters. The van der Waals surface area contributed by atoms with Crippen LogP contribution in [0, 0.1) is 5.92 Å². The Kier molecular flexibility index (Phi) is 4.54. The lowest BCUT2D eigenvalue weighted by Gasteiger charge is -2.19. The summed E-state index contributed by atoms with van der Waals surface area (Å²) in [6.45, 7) is 4.49. The number of rotatable bonds is 6. The molecule has 2 rings (SSSR count). The predicted molar refractivity (Wildman–Crippen MR) is 73.8 cm³/mol. The molecule has 0 aliphatic carbocycles. The van der Waals surface area contributed by atoms with E-state index in [0.29, 0.717) is 31.0 Å². The SMILES string of the molecule is C=CC(=O)NCCCNC1=C2N=CC=CC2C(=O)N=N1. The quantitative estimate of drug-likeness (QED) is 0.550. The van der Waals surface area contributed by atoms with Crippen LogP contribution in [-0.2, 0) is 9.59 Å². The van der Waals surface area contributed by atoms with E-state index < -0.39 is 5.92 Å². The number of nitrogens with one attached hydrogen (secondary N) is 2. The van der Waals surface area contributed by atoms with Crippen LogP contribution in [0.4, 0.5) is 0 Å². The van der Waals surface area contributed by atoms with E-state index in [1.165, 1.54) is 6.08 Å². The number of carbonyl (C=O) groups excluding carboxylic acids is 2. The first-order chi connectivity index (χ1) is 9.72. The lowest BCUT2D eigenvalue weighted by atomic mass is 10.0. The van der Waals surface area contributed by atoms with Crippen molar-refractivity contribution in [1.82, 2.24) is 10.6 Å². The number of dihydropyridines is 1. The molecule has 0 saturated heterocycles. The van der Waals surface area contributed by atoms with E-state index in [0.717, 1.165) is 0 Å². The van der Waals surface area contributed by atoms with Crippen LogP contribution in [0.3, 0.4) is 0 Å². The van der Waals surface area contributed by atoms with Gasteiger partial charge in [0, 0.05) is 19.3 Å². The second kappa shape index (κ2) is 6.55. The van der Waals surface area contributed by atoms with Crippen molar-refractivity contribution in [1.29, 1.82) is 0 Å². The molecule has 0 aromatic carbocycles. The maximum atomic E-state index is 11.6. The van der Waals surface area contributed by atoms with Gasteiger partial charge in [0.25, 0.3) is 5.91 Å². The molecule has 0 aromatic heterocycles. The minimum absolute atomic E-state index is 0.197. The Bertz CT molecular complexity index is 545. The average molecular weight is 273 g/mol. The number of fused-ring (bicyclic) bond motifs is 1. The van der Waals surface area contributed by atoms with Gasteiger partial charge in [-0.3, -0.25) is 14.6 Å². The molecule has 2 amide bonds. The fourth-order valence-corrected chi connectivity index (χ4v) is 1.78. The first-order valence-corrected chi connectivity index (χ1v) is 6.27. The van der Waals surface area contributed by atoms with Crippen LogP contribution < -0.4 is 10.6 Å². The third-order valence-corrected chi connectivity index (χ3v) is 2.79. The molecule has 1 atom stereocenters. The van der Waals surface area contributed by atoms with Gasteiger partial charge in [0.1, 0.15) is 11.6 Å². The zero-order valence-corrected chi connectivity index (χ0v) is 10.9. The first kappa shape index (κ1) is 13.9. The topological polar surface area (TPSA) is 95.3 Å². The lowest BCUT2D eigenvalue weighted by Crippen LogP contribution is -2.28. The van der Waals surface area contributed by atoms with Gasteiger partial charge < -0.3 is 10.6 Å². The highest BCUT2D eigenvalue weighted by Crippen LogP contribution is 2.26. The number of amides is 2. The molecule has 0 bridgehead atoms. The smallest absolute Gasteiger partial charge is 0.277 e. The summed E-state index contributed by atoms with van der Waals surface area (Å²) in [4.78, 5) is 26.7. The van der Waals surface area contributed by atoms with E-state index >= 15 is 0 Å². The zero-order chi connectivity index (χ0) is 14.4. The highest BCUT2D eigenvalue weighted by molar-refractivity contribution is 5.88. The van der Waals surface area contributed by atoms with Crippen molar-refractivity contribution in [2.75, 3.05) is 13.1 Å². The summed E-state index contributed by atoms with van der Waals surface area (Å²) in [7, 11) is 0. The van der Waals surface area contributed by atoms with E-state index in [1.807, 2.05) is 0 Å². The van der Waals surface area contributed by atoms with E-state index in [4.69, 9.17) is 0 Å². The number of carbonyl (C=O) groups is 2. The van der Waals surface area contributed by atoms with E-state index in [-0.39, 0.29) is 11.8 Å². The van der Waals surface area contributed by atoms with E-state index in [1.54, 1.807) is 18.4 Å². The number of aliphatic imine (C=N–C) groups is 1. The third kappa shape index (κ3) is 3.25. The summed E-state index contributed by atoms with van der Waals surface area (Å²) >= 11 is 0. The molecule has 0 fully saturated rings. The van der Waals surface area contributed by atoms with E-state index in [2.05, 4.69) is 32.4 Å². The fourth-order valence-electron chi connectivity index (χ4n) is 1.78. The molecular formula is C13H15N5O2. The molecule has 2 aliphatic heterocycles. The Morgan fingerprint density at radius 2 is 2.25 bits per heavy atom. The van der Waals surface area contributed by atoms with Crippen LogP contribution in [0.1, 0.15) is 6.42 Å². The molecule has 20 heavy (non-hydrogen) atoms. The monoisotopic (exact) mass is 273 g/mol. The summed E-state index contributed by atoms with van der Waals surface area (Å²) < 4.78 is 0. The second-order valence-electron chi connectivity index (χ2n) is 4.19. The number of allylic oxidation sites excluding steroid dienone is 1. The van der Waals surface area contributed by atoms with Crippen molar-refractivity contribution in [3.8, 4) is 0 Å². The zero-order valence-electron chi connectivity index (χ0n) is 10.9. The van der Waals surface area contributed by atoms with Crippen molar-refractivity contribution in [3.05, 3.63) is 36.3 Å². The molecular weight excluding hydrogens is 258 g/mol. The normalized spacial score (nSPS) is 19.8. The minimum atomic E-state index is -0.444. The van der Waals surface area contributed by atoms with Gasteiger partial charge in [0.2, 0.25) is 5.91 Å². The Labute approximate surface area is 116 Å². The average Bonchev–Trinajstić information content (AvgIpc) is 2.49. The molecule has 2 aliphatic rings. The Balaban J connectivity index is 1.86. The maximum Gasteiger partial charge on any atom is 0.277 e. The maximum absolute atomic E-state index is 11.6. The van der Waals surface area contributed by atoms with E-state index in [9.17, 15) is 9.59 Å². The second-order valence-corrected chi connectivity index (χ2v) is 4.19. The summed E-state index contributed by atoms with van der Waals surface area (Å²) in [6, 6.07) is 0. The summed E-state index contributed by atoms with van der Waals surface area (Å²) in [5.41, 5.74) is 0.586. The third-order valence-electron chi connectivity index (χ3n) is 2.79. The van der Waals surface area contributed by atoms with Crippen LogP contribution in [0.15, 0.2) is 51.5 Å². The Morgan fingerprint density at radius 1 is 1.40 bits per heavy atom. The number of azo groups is 1. The van der Waals surface area contributed by atoms with Crippen molar-refractivity contribution in [2.45, 2.75) is 6.42 Å². The molecule has 7 nitrogen and oxygen atoms in total. The Hall–Kier alpha value is -2.57. The van der Waals surface area contributed by atoms with Gasteiger partial charge in [0.15, 0.2) is 5.82 Å². The van der Waals surface area contributed by atoms with Crippen molar-refractivity contribution in [2.24, 2.45) is 21.1 Å². The highest BCUT2D eigenvalue weighted by atomic mass is 16.2. The standard InChI is InChI=1S/C13H15N5O2/c1-2-10(19)14-7-4-8-16-12-11-9(5-3-6-15-11)13(20)18-17-12/h2-3,5-6,9,16H,1,4,7-8H2,(H,14,19). The van der Waals surface area contributed by atoms with Crippen molar-refractivity contribution < 1.29 is 9.59 Å². The number of hydrogen-bond donors (Lipinski definition) is 2. The molecule has 104 valence electrons. The Morgan fingerprint density at radius 3 is 3.05 bits per heavy atom. The van der Waals surface area contributed by atoms with Crippen LogP contribution in [0.5, 0.6) is 0 Å². The van der Waals surface area contributed by atoms with Crippen molar-refractivity contribution in [3.63, 3.8) is 0 Å². The highest BCUT2D eigenvalue weighted by Gasteiger charge is 2.28. The predicted octanol–water partition coefficient (Wildman–Crippen LogP) is 0.687. The van der Waals surface area contributed by atoms with Gasteiger partial charge in [-0.2, -0.15) is 0 Å². The van der Waals surface area contributed by atoms with Crippen LogP contribution in [0.2, 0.25) is 0 Å². The first-order valence-electron chi connectivity index (χ1n) is 6.27. The minimum Gasteiger partial charge on any atom is -0.367 e. The number of hydrogen-bond acceptors (Lipinski definition) is 5. The van der Waals surface area contributed by atoms with Gasteiger partial charge in [-0.25, -0.2) is 0 Å². The molecule has 0 aromatic rings. The summed E-state index contributed by atoms with van der Waals surface area (Å²) in [5, 5.41) is 13.2. The largest absolute Gasteiger partial charge is 0.367 e. The van der Waals surface area contributed by atoms with Gasteiger partial charge in [-0.1, -0.05) is 12.7 Å². The van der Waals surface area contributed by atoms with Gasteiger partial charge in [-0.05, 0) is 18.6 Å². The van der Waals surface area contributed by atoms with Gasteiger partial charge >= 0.3 is 0 Å². The summed E-state index contributed by atoms with van der Waals surface area (Å²) in [6.07, 6.45) is 7.02.